The van der Waals surface area contributed by atoms with Crippen molar-refractivity contribution in [2.75, 3.05) is 12.3 Å². The van der Waals surface area contributed by atoms with Crippen LogP contribution in [-0.4, -0.2) is 16.4 Å². The Labute approximate surface area is 126 Å². The molecule has 1 aromatic heterocycles. The average molecular weight is 287 g/mol. The number of para-hydroxylation sites is 1. The minimum absolute atomic E-state index is 0.489. The molecule has 2 aromatic rings. The topological polar surface area (TPSA) is 53.1 Å². The lowest BCUT2D eigenvalue weighted by atomic mass is 10.1. The van der Waals surface area contributed by atoms with E-state index in [0.29, 0.717) is 19.3 Å². The number of benzene rings is 1. The molecule has 0 fully saturated rings. The molecule has 0 atom stereocenters. The monoisotopic (exact) mass is 287 g/mol. The van der Waals surface area contributed by atoms with E-state index in [2.05, 4.69) is 18.9 Å². The number of hydrogen-bond acceptors (Lipinski definition) is 3. The minimum Gasteiger partial charge on any atom is -0.399 e. The summed E-state index contributed by atoms with van der Waals surface area (Å²) in [5.41, 5.74) is 8.87. The first-order chi connectivity index (χ1) is 10.2. The van der Waals surface area contributed by atoms with Gasteiger partial charge < -0.3 is 10.5 Å². The van der Waals surface area contributed by atoms with Crippen LogP contribution in [0.3, 0.4) is 0 Å². The van der Waals surface area contributed by atoms with Crippen molar-refractivity contribution in [2.45, 2.75) is 45.8 Å². The highest BCUT2D eigenvalue weighted by Gasteiger charge is 2.07. The molecule has 0 spiro atoms. The number of aromatic nitrogens is 2. The van der Waals surface area contributed by atoms with Crippen LogP contribution in [0.2, 0.25) is 0 Å². The van der Waals surface area contributed by atoms with Crippen molar-refractivity contribution in [3.05, 3.63) is 47.8 Å². The first-order valence-corrected chi connectivity index (χ1v) is 7.69. The van der Waals surface area contributed by atoms with E-state index < -0.39 is 0 Å². The van der Waals surface area contributed by atoms with Crippen molar-refractivity contribution in [3.63, 3.8) is 0 Å². The van der Waals surface area contributed by atoms with Gasteiger partial charge in [0.05, 0.1) is 24.9 Å². The lowest BCUT2D eigenvalue weighted by molar-refractivity contribution is 0.120. The molecule has 0 saturated heterocycles. The van der Waals surface area contributed by atoms with E-state index in [1.165, 1.54) is 0 Å². The maximum absolute atomic E-state index is 5.91. The van der Waals surface area contributed by atoms with Crippen LogP contribution >= 0.6 is 0 Å². The maximum atomic E-state index is 5.91. The zero-order valence-corrected chi connectivity index (χ0v) is 13.0. The average Bonchev–Trinajstić information content (AvgIpc) is 2.95. The van der Waals surface area contributed by atoms with Gasteiger partial charge in [0, 0.05) is 11.9 Å². The highest BCUT2D eigenvalue weighted by molar-refractivity contribution is 5.46. The molecule has 114 valence electrons. The summed E-state index contributed by atoms with van der Waals surface area (Å²) in [4.78, 5) is 0. The number of anilines is 1. The second-order valence-electron chi connectivity index (χ2n) is 5.26. The molecule has 2 rings (SSSR count). The number of nitrogen functional groups attached to an aromatic ring is 1. The van der Waals surface area contributed by atoms with Crippen molar-refractivity contribution >= 4 is 5.69 Å². The summed E-state index contributed by atoms with van der Waals surface area (Å²) in [6.07, 6.45) is 5.09. The third-order valence-corrected chi connectivity index (χ3v) is 3.80. The molecule has 0 aliphatic heterocycles. The molecule has 0 saturated carbocycles. The fraction of sp³-hybridized carbons (Fsp3) is 0.471. The van der Waals surface area contributed by atoms with Gasteiger partial charge in [-0.15, -0.1) is 0 Å². The summed E-state index contributed by atoms with van der Waals surface area (Å²) in [7, 11) is 0. The summed E-state index contributed by atoms with van der Waals surface area (Å²) >= 11 is 0. The molecule has 21 heavy (non-hydrogen) atoms. The molecule has 0 aliphatic carbocycles. The standard InChI is InChI=1S/C17H25N3O/c1-3-16(4-2)20-11-9-15(19-20)13-21-12-10-14-7-5-6-8-17(14)18/h5-9,11,16H,3-4,10,12-13,18H2,1-2H3. The summed E-state index contributed by atoms with van der Waals surface area (Å²) in [6.45, 7) is 5.60. The molecule has 0 bridgehead atoms. The van der Waals surface area contributed by atoms with Crippen LogP contribution in [0, 0.1) is 0 Å². The summed E-state index contributed by atoms with van der Waals surface area (Å²) < 4.78 is 7.76. The largest absolute Gasteiger partial charge is 0.399 e. The van der Waals surface area contributed by atoms with Crippen LogP contribution in [-0.2, 0) is 17.8 Å². The van der Waals surface area contributed by atoms with Crippen LogP contribution in [0.25, 0.3) is 0 Å². The Morgan fingerprint density at radius 1 is 1.19 bits per heavy atom. The summed E-state index contributed by atoms with van der Waals surface area (Å²) in [5, 5.41) is 4.58. The Kier molecular flexibility index (Phi) is 5.81. The molecule has 4 nitrogen and oxygen atoms in total. The van der Waals surface area contributed by atoms with E-state index in [1.807, 2.05) is 41.2 Å². The highest BCUT2D eigenvalue weighted by Crippen LogP contribution is 2.15. The molecule has 0 amide bonds. The third kappa shape index (κ3) is 4.33. The van der Waals surface area contributed by atoms with Crippen LogP contribution < -0.4 is 5.73 Å². The van der Waals surface area contributed by atoms with Gasteiger partial charge in [0.2, 0.25) is 0 Å². The van der Waals surface area contributed by atoms with E-state index in [9.17, 15) is 0 Å². The Balaban J connectivity index is 1.78. The molecular formula is C17H25N3O. The smallest absolute Gasteiger partial charge is 0.0906 e. The molecule has 1 aromatic carbocycles. The molecule has 4 heteroatoms. The molecule has 2 N–H and O–H groups in total. The fourth-order valence-corrected chi connectivity index (χ4v) is 2.44. The Hall–Kier alpha value is -1.81. The van der Waals surface area contributed by atoms with Crippen LogP contribution in [0.1, 0.15) is 44.0 Å². The third-order valence-electron chi connectivity index (χ3n) is 3.80. The highest BCUT2D eigenvalue weighted by atomic mass is 16.5. The van der Waals surface area contributed by atoms with Gasteiger partial charge in [0.25, 0.3) is 0 Å². The van der Waals surface area contributed by atoms with Crippen molar-refractivity contribution in [3.8, 4) is 0 Å². The molecule has 0 radical (unpaired) electrons. The van der Waals surface area contributed by atoms with Crippen molar-refractivity contribution in [1.29, 1.82) is 0 Å². The molecule has 0 unspecified atom stereocenters. The van der Waals surface area contributed by atoms with Gasteiger partial charge in [0.1, 0.15) is 0 Å². The number of nitrogens with two attached hydrogens (primary N) is 1. The quantitative estimate of drug-likeness (QED) is 0.596. The zero-order valence-electron chi connectivity index (χ0n) is 13.0. The number of hydrogen-bond donors (Lipinski definition) is 1. The van der Waals surface area contributed by atoms with Crippen molar-refractivity contribution < 1.29 is 4.74 Å². The number of nitrogens with zero attached hydrogens (tertiary/aromatic N) is 2. The van der Waals surface area contributed by atoms with E-state index in [0.717, 1.165) is 36.2 Å². The number of rotatable bonds is 8. The van der Waals surface area contributed by atoms with Crippen LogP contribution in [0.5, 0.6) is 0 Å². The summed E-state index contributed by atoms with van der Waals surface area (Å²) in [5.74, 6) is 0. The number of ether oxygens (including phenoxy) is 1. The Morgan fingerprint density at radius 3 is 2.67 bits per heavy atom. The van der Waals surface area contributed by atoms with Gasteiger partial charge in [-0.3, -0.25) is 4.68 Å². The maximum Gasteiger partial charge on any atom is 0.0906 e. The minimum atomic E-state index is 0.489. The van der Waals surface area contributed by atoms with Gasteiger partial charge in [-0.1, -0.05) is 32.0 Å². The predicted molar refractivity (Wildman–Crippen MR) is 86.1 cm³/mol. The van der Waals surface area contributed by atoms with Crippen molar-refractivity contribution in [1.82, 2.24) is 9.78 Å². The van der Waals surface area contributed by atoms with Gasteiger partial charge in [-0.25, -0.2) is 0 Å². The predicted octanol–water partition coefficient (Wildman–Crippen LogP) is 3.59. The fourth-order valence-electron chi connectivity index (χ4n) is 2.44. The lowest BCUT2D eigenvalue weighted by Crippen LogP contribution is -2.08. The lowest BCUT2D eigenvalue weighted by Gasteiger charge is -2.12. The van der Waals surface area contributed by atoms with Gasteiger partial charge in [-0.05, 0) is 37.0 Å². The van der Waals surface area contributed by atoms with E-state index in [-0.39, 0.29) is 0 Å². The van der Waals surface area contributed by atoms with E-state index >= 15 is 0 Å². The first kappa shape index (κ1) is 15.6. The normalized spacial score (nSPS) is 11.2. The van der Waals surface area contributed by atoms with E-state index in [1.54, 1.807) is 0 Å². The SMILES string of the molecule is CCC(CC)n1ccc(COCCc2ccccc2N)n1. The van der Waals surface area contributed by atoms with Gasteiger partial charge >= 0.3 is 0 Å². The van der Waals surface area contributed by atoms with Crippen molar-refractivity contribution in [2.24, 2.45) is 0 Å². The molecular weight excluding hydrogens is 262 g/mol. The van der Waals surface area contributed by atoms with Crippen LogP contribution in [0.4, 0.5) is 5.69 Å². The van der Waals surface area contributed by atoms with Crippen LogP contribution in [0.15, 0.2) is 36.5 Å². The first-order valence-electron chi connectivity index (χ1n) is 7.69. The molecule has 0 aliphatic rings. The van der Waals surface area contributed by atoms with E-state index in [4.69, 9.17) is 10.5 Å². The Bertz CT molecular complexity index is 546. The second-order valence-corrected chi connectivity index (χ2v) is 5.26. The Morgan fingerprint density at radius 2 is 1.95 bits per heavy atom. The molecule has 1 heterocycles. The van der Waals surface area contributed by atoms with Gasteiger partial charge in [-0.2, -0.15) is 5.10 Å². The zero-order chi connectivity index (χ0) is 15.1. The van der Waals surface area contributed by atoms with Gasteiger partial charge in [0.15, 0.2) is 0 Å². The second kappa shape index (κ2) is 7.84. The summed E-state index contributed by atoms with van der Waals surface area (Å²) in [6, 6.07) is 10.4.